The molecule has 1 aliphatic heterocycles. The number of nitrogens with one attached hydrogen (secondary N) is 1. The number of aromatic nitrogens is 1. The Bertz CT molecular complexity index is 635. The van der Waals surface area contributed by atoms with Crippen LogP contribution >= 0.6 is 11.3 Å². The largest absolute Gasteiger partial charge is 0.353 e. The molecule has 1 aromatic heterocycles. The lowest BCUT2D eigenvalue weighted by Gasteiger charge is -2.31. The van der Waals surface area contributed by atoms with Crippen LogP contribution in [0.3, 0.4) is 0 Å². The van der Waals surface area contributed by atoms with Crippen molar-refractivity contribution in [2.45, 2.75) is 64.8 Å². The van der Waals surface area contributed by atoms with Crippen LogP contribution in [0.5, 0.6) is 0 Å². The molecule has 5 nitrogen and oxygen atoms in total. The zero-order chi connectivity index (χ0) is 17.5. The molecule has 0 aromatic carbocycles. The van der Waals surface area contributed by atoms with Crippen molar-refractivity contribution < 1.29 is 9.59 Å². The second-order valence-corrected chi connectivity index (χ2v) is 9.03. The number of likely N-dealkylation sites (tertiary alicyclic amines) is 1. The minimum absolute atomic E-state index is 0.0398. The molecular formula is C18H27N3O2S. The second-order valence-electron chi connectivity index (χ2n) is 8.03. The van der Waals surface area contributed by atoms with Gasteiger partial charge in [-0.25, -0.2) is 4.98 Å². The van der Waals surface area contributed by atoms with Gasteiger partial charge in [0.2, 0.25) is 5.91 Å². The fourth-order valence-corrected chi connectivity index (χ4v) is 4.04. The summed E-state index contributed by atoms with van der Waals surface area (Å²) in [4.78, 5) is 32.2. The van der Waals surface area contributed by atoms with Crippen LogP contribution in [0.2, 0.25) is 0 Å². The summed E-state index contributed by atoms with van der Waals surface area (Å²) in [7, 11) is 0. The zero-order valence-electron chi connectivity index (χ0n) is 15.0. The molecule has 2 aliphatic rings. The molecule has 0 atom stereocenters. The van der Waals surface area contributed by atoms with E-state index in [4.69, 9.17) is 0 Å². The molecule has 0 radical (unpaired) electrons. The Kier molecular flexibility index (Phi) is 4.69. The van der Waals surface area contributed by atoms with E-state index in [1.54, 1.807) is 0 Å². The van der Waals surface area contributed by atoms with Crippen molar-refractivity contribution in [1.82, 2.24) is 15.2 Å². The Hall–Kier alpha value is -1.43. The van der Waals surface area contributed by atoms with Gasteiger partial charge in [0.05, 0.1) is 10.7 Å². The van der Waals surface area contributed by atoms with Crippen molar-refractivity contribution >= 4 is 23.2 Å². The number of hydrogen-bond acceptors (Lipinski definition) is 4. The summed E-state index contributed by atoms with van der Waals surface area (Å²) in [6.07, 6.45) is 3.75. The van der Waals surface area contributed by atoms with Crippen molar-refractivity contribution in [3.05, 3.63) is 15.6 Å². The third-order valence-electron chi connectivity index (χ3n) is 4.71. The van der Waals surface area contributed by atoms with Gasteiger partial charge in [0.1, 0.15) is 4.88 Å². The quantitative estimate of drug-likeness (QED) is 0.913. The standard InChI is InChI=1S/C18H27N3O2S/c1-11-14(24-17(19-11)18(2,3)4)16(23)21-9-7-12(8-10-21)15(22)20-13-5-6-13/h12-13H,5-10H2,1-4H3,(H,20,22). The highest BCUT2D eigenvalue weighted by molar-refractivity contribution is 7.14. The van der Waals surface area contributed by atoms with Gasteiger partial charge in [0.15, 0.2) is 0 Å². The molecule has 1 N–H and O–H groups in total. The van der Waals surface area contributed by atoms with Crippen LogP contribution in [-0.2, 0) is 10.2 Å². The first-order chi connectivity index (χ1) is 11.3. The van der Waals surface area contributed by atoms with E-state index in [-0.39, 0.29) is 23.1 Å². The number of piperidine rings is 1. The molecule has 0 spiro atoms. The molecule has 24 heavy (non-hydrogen) atoms. The molecule has 1 saturated heterocycles. The molecule has 6 heteroatoms. The lowest BCUT2D eigenvalue weighted by Crippen LogP contribution is -2.43. The van der Waals surface area contributed by atoms with Crippen molar-refractivity contribution in [3.8, 4) is 0 Å². The van der Waals surface area contributed by atoms with Gasteiger partial charge in [-0.2, -0.15) is 0 Å². The van der Waals surface area contributed by atoms with E-state index in [2.05, 4.69) is 31.1 Å². The zero-order valence-corrected chi connectivity index (χ0v) is 15.8. The van der Waals surface area contributed by atoms with Crippen molar-refractivity contribution in [3.63, 3.8) is 0 Å². The first-order valence-corrected chi connectivity index (χ1v) is 9.65. The van der Waals surface area contributed by atoms with E-state index in [1.807, 2.05) is 11.8 Å². The van der Waals surface area contributed by atoms with Gasteiger partial charge in [-0.15, -0.1) is 11.3 Å². The lowest BCUT2D eigenvalue weighted by molar-refractivity contribution is -0.126. The van der Waals surface area contributed by atoms with Crippen molar-refractivity contribution in [2.24, 2.45) is 5.92 Å². The van der Waals surface area contributed by atoms with Gasteiger partial charge in [0.25, 0.3) is 5.91 Å². The number of nitrogens with zero attached hydrogens (tertiary/aromatic N) is 2. The predicted molar refractivity (Wildman–Crippen MR) is 95.3 cm³/mol. The van der Waals surface area contributed by atoms with Gasteiger partial charge >= 0.3 is 0 Å². The Morgan fingerprint density at radius 2 is 1.79 bits per heavy atom. The van der Waals surface area contributed by atoms with Crippen LogP contribution in [0.25, 0.3) is 0 Å². The first-order valence-electron chi connectivity index (χ1n) is 8.83. The Morgan fingerprint density at radius 3 is 2.29 bits per heavy atom. The highest BCUT2D eigenvalue weighted by Gasteiger charge is 2.32. The summed E-state index contributed by atoms with van der Waals surface area (Å²) in [5, 5.41) is 4.08. The molecule has 1 aliphatic carbocycles. The maximum atomic E-state index is 12.8. The smallest absolute Gasteiger partial charge is 0.265 e. The maximum absolute atomic E-state index is 12.8. The summed E-state index contributed by atoms with van der Waals surface area (Å²) in [5.41, 5.74) is 0.783. The average molecular weight is 350 g/mol. The Morgan fingerprint density at radius 1 is 1.17 bits per heavy atom. The van der Waals surface area contributed by atoms with E-state index >= 15 is 0 Å². The van der Waals surface area contributed by atoms with E-state index in [1.165, 1.54) is 11.3 Å². The normalized spacial score (nSPS) is 19.4. The Balaban J connectivity index is 1.60. The van der Waals surface area contributed by atoms with Crippen LogP contribution in [0.1, 0.15) is 66.8 Å². The van der Waals surface area contributed by atoms with Gasteiger partial charge in [0, 0.05) is 30.5 Å². The van der Waals surface area contributed by atoms with Crippen LogP contribution in [0.4, 0.5) is 0 Å². The van der Waals surface area contributed by atoms with E-state index < -0.39 is 0 Å². The summed E-state index contributed by atoms with van der Waals surface area (Å²) in [5.74, 6) is 0.303. The number of carbonyl (C=O) groups excluding carboxylic acids is 2. The third kappa shape index (κ3) is 3.79. The molecule has 132 valence electrons. The third-order valence-corrected chi connectivity index (χ3v) is 6.28. The maximum Gasteiger partial charge on any atom is 0.265 e. The minimum atomic E-state index is -0.0398. The molecule has 1 aromatic rings. The number of thiazole rings is 1. The molecule has 1 saturated carbocycles. The number of carbonyl (C=O) groups is 2. The van der Waals surface area contributed by atoms with Crippen molar-refractivity contribution in [2.75, 3.05) is 13.1 Å². The van der Waals surface area contributed by atoms with E-state index in [0.29, 0.717) is 19.1 Å². The first kappa shape index (κ1) is 17.4. The van der Waals surface area contributed by atoms with Crippen LogP contribution < -0.4 is 5.32 Å². The summed E-state index contributed by atoms with van der Waals surface area (Å²) >= 11 is 1.51. The fourth-order valence-electron chi connectivity index (χ4n) is 2.95. The number of amides is 2. The van der Waals surface area contributed by atoms with Gasteiger partial charge in [-0.1, -0.05) is 20.8 Å². The molecule has 2 amide bonds. The summed E-state index contributed by atoms with van der Waals surface area (Å²) < 4.78 is 0. The second kappa shape index (κ2) is 6.47. The van der Waals surface area contributed by atoms with Gasteiger partial charge in [-0.05, 0) is 32.6 Å². The fraction of sp³-hybridized carbons (Fsp3) is 0.722. The topological polar surface area (TPSA) is 62.3 Å². The lowest BCUT2D eigenvalue weighted by atomic mass is 9.95. The molecular weight excluding hydrogens is 322 g/mol. The SMILES string of the molecule is Cc1nc(C(C)(C)C)sc1C(=O)N1CCC(C(=O)NC2CC2)CC1. The van der Waals surface area contributed by atoms with Crippen LogP contribution in [-0.4, -0.2) is 40.8 Å². The predicted octanol–water partition coefficient (Wildman–Crippen LogP) is 2.88. The van der Waals surface area contributed by atoms with E-state index in [0.717, 1.165) is 41.3 Å². The summed E-state index contributed by atoms with van der Waals surface area (Å²) in [6.45, 7) is 9.57. The molecule has 2 fully saturated rings. The molecule has 2 heterocycles. The minimum Gasteiger partial charge on any atom is -0.353 e. The monoisotopic (exact) mass is 349 g/mol. The number of rotatable bonds is 3. The van der Waals surface area contributed by atoms with Gasteiger partial charge in [-0.3, -0.25) is 9.59 Å². The molecule has 0 bridgehead atoms. The highest BCUT2D eigenvalue weighted by Crippen LogP contribution is 2.31. The summed E-state index contributed by atoms with van der Waals surface area (Å²) in [6, 6.07) is 0.410. The van der Waals surface area contributed by atoms with Gasteiger partial charge < -0.3 is 10.2 Å². The average Bonchev–Trinajstić information content (AvgIpc) is 3.24. The van der Waals surface area contributed by atoms with E-state index in [9.17, 15) is 9.59 Å². The number of hydrogen-bond donors (Lipinski definition) is 1. The van der Waals surface area contributed by atoms with Crippen LogP contribution in [0.15, 0.2) is 0 Å². The highest BCUT2D eigenvalue weighted by atomic mass is 32.1. The van der Waals surface area contributed by atoms with Crippen LogP contribution in [0, 0.1) is 12.8 Å². The molecule has 0 unspecified atom stereocenters. The Labute approximate surface area is 147 Å². The number of aryl methyl sites for hydroxylation is 1. The van der Waals surface area contributed by atoms with Crippen molar-refractivity contribution in [1.29, 1.82) is 0 Å². The molecule has 3 rings (SSSR count).